The van der Waals surface area contributed by atoms with Gasteiger partial charge in [-0.15, -0.1) is 0 Å². The first kappa shape index (κ1) is 42.7. The standard InChI is InChI=1S/C65H69NO/c1-40-53(42-17-11-9-12-18-42)39-54(43-19-13-10-14-20-43)62-61(40)55-35-44(25-34-60(55)67-62)41-23-27-46(28-24-41)66(47-29-32-51-49-21-15-16-22-56(49)64(5,6)58(51)37-47)48-30-33-52-50-31-26-45(63(2,3)4)36-57(50)65(7,8)59(52)38-48/h15-16,21-40,42-43,53H,9-14,17-20H2,1-8H3. The predicted octanol–water partition coefficient (Wildman–Crippen LogP) is 18.8. The fourth-order valence-corrected chi connectivity index (χ4v) is 13.8. The minimum absolute atomic E-state index is 0.0874. The van der Waals surface area contributed by atoms with Crippen LogP contribution in [0.2, 0.25) is 0 Å². The fraction of sp³-hybridized carbons (Fsp3) is 0.385. The summed E-state index contributed by atoms with van der Waals surface area (Å²) in [6.07, 6.45) is 16.3. The number of nitrogens with zero attached hydrogens (tertiary/aromatic N) is 1. The van der Waals surface area contributed by atoms with E-state index in [-0.39, 0.29) is 16.2 Å². The molecule has 0 radical (unpaired) electrons. The Kier molecular flexibility index (Phi) is 10.0. The zero-order chi connectivity index (χ0) is 46.0. The van der Waals surface area contributed by atoms with E-state index in [0.29, 0.717) is 17.8 Å². The molecule has 0 N–H and O–H groups in total. The molecule has 5 aliphatic carbocycles. The van der Waals surface area contributed by atoms with E-state index in [0.717, 1.165) is 17.2 Å². The van der Waals surface area contributed by atoms with Crippen molar-refractivity contribution in [3.63, 3.8) is 0 Å². The van der Waals surface area contributed by atoms with Gasteiger partial charge >= 0.3 is 0 Å². The highest BCUT2D eigenvalue weighted by Gasteiger charge is 2.40. The molecule has 0 bridgehead atoms. The predicted molar refractivity (Wildman–Crippen MR) is 283 cm³/mol. The summed E-state index contributed by atoms with van der Waals surface area (Å²) in [6.45, 7) is 19.1. The number of furan rings is 1. The third-order valence-corrected chi connectivity index (χ3v) is 17.7. The Morgan fingerprint density at radius 3 is 1.75 bits per heavy atom. The second-order valence-electron chi connectivity index (χ2n) is 23.4. The maximum Gasteiger partial charge on any atom is 0.135 e. The van der Waals surface area contributed by atoms with Crippen LogP contribution in [0.25, 0.3) is 49.9 Å². The van der Waals surface area contributed by atoms with Crippen molar-refractivity contribution in [3.8, 4) is 33.4 Å². The van der Waals surface area contributed by atoms with E-state index in [1.165, 1.54) is 159 Å². The van der Waals surface area contributed by atoms with Gasteiger partial charge in [0.25, 0.3) is 0 Å². The van der Waals surface area contributed by atoms with Crippen molar-refractivity contribution < 1.29 is 4.42 Å². The van der Waals surface area contributed by atoms with Crippen molar-refractivity contribution in [1.82, 2.24) is 0 Å². The van der Waals surface area contributed by atoms with Crippen LogP contribution < -0.4 is 4.90 Å². The van der Waals surface area contributed by atoms with E-state index in [4.69, 9.17) is 4.42 Å². The Balaban J connectivity index is 0.948. The molecule has 2 nitrogen and oxygen atoms in total. The molecule has 0 amide bonds. The van der Waals surface area contributed by atoms with Gasteiger partial charge in [-0.1, -0.05) is 173 Å². The molecule has 1 heterocycles. The van der Waals surface area contributed by atoms with Crippen LogP contribution >= 0.6 is 0 Å². The molecular weight excluding hydrogens is 811 g/mol. The highest BCUT2D eigenvalue weighted by Crippen LogP contribution is 2.55. The van der Waals surface area contributed by atoms with E-state index in [2.05, 4.69) is 188 Å². The summed E-state index contributed by atoms with van der Waals surface area (Å²) in [7, 11) is 0. The Morgan fingerprint density at radius 1 is 0.537 bits per heavy atom. The van der Waals surface area contributed by atoms with Crippen molar-refractivity contribution in [3.05, 3.63) is 167 Å². The second kappa shape index (κ2) is 15.7. The zero-order valence-corrected chi connectivity index (χ0v) is 41.4. The van der Waals surface area contributed by atoms with E-state index >= 15 is 0 Å². The lowest BCUT2D eigenvalue weighted by atomic mass is 9.66. The summed E-state index contributed by atoms with van der Waals surface area (Å²) in [5, 5.41) is 1.33. The summed E-state index contributed by atoms with van der Waals surface area (Å²) >= 11 is 0. The van der Waals surface area contributed by atoms with Gasteiger partial charge in [-0.3, -0.25) is 0 Å². The molecule has 5 aliphatic rings. The molecule has 0 aliphatic heterocycles. The molecule has 6 aromatic carbocycles. The van der Waals surface area contributed by atoms with Gasteiger partial charge in [-0.2, -0.15) is 0 Å². The van der Waals surface area contributed by atoms with E-state index in [1.54, 1.807) is 0 Å². The average molecular weight is 880 g/mol. The first-order valence-electron chi connectivity index (χ1n) is 26.0. The van der Waals surface area contributed by atoms with Gasteiger partial charge in [-0.05, 0) is 170 Å². The molecule has 1 aromatic heterocycles. The summed E-state index contributed by atoms with van der Waals surface area (Å²) < 4.78 is 6.98. The maximum absolute atomic E-state index is 6.98. The highest BCUT2D eigenvalue weighted by molar-refractivity contribution is 5.93. The number of anilines is 3. The smallest absolute Gasteiger partial charge is 0.135 e. The monoisotopic (exact) mass is 880 g/mol. The van der Waals surface area contributed by atoms with Gasteiger partial charge in [0, 0.05) is 38.8 Å². The first-order valence-corrected chi connectivity index (χ1v) is 26.0. The van der Waals surface area contributed by atoms with E-state index in [1.807, 2.05) is 0 Å². The topological polar surface area (TPSA) is 16.4 Å². The Morgan fingerprint density at radius 2 is 1.09 bits per heavy atom. The number of rotatable bonds is 6. The molecule has 0 saturated heterocycles. The molecule has 2 fully saturated rings. The lowest BCUT2D eigenvalue weighted by Crippen LogP contribution is -2.26. The SMILES string of the molecule is CC1c2c(oc3ccc(-c4ccc(N(c5ccc6c(c5)C(C)(C)c5ccccc5-6)c5ccc6c(c5)C(C)(C)c5cc(C(C)(C)C)ccc5-6)cc4)cc23)C(C2CCCCC2)=CC1C1CCCCC1. The van der Waals surface area contributed by atoms with Gasteiger partial charge in [0.1, 0.15) is 11.3 Å². The van der Waals surface area contributed by atoms with Crippen LogP contribution in [-0.4, -0.2) is 0 Å². The fourth-order valence-electron chi connectivity index (χ4n) is 13.8. The van der Waals surface area contributed by atoms with Gasteiger partial charge < -0.3 is 9.32 Å². The van der Waals surface area contributed by atoms with Crippen molar-refractivity contribution in [2.45, 2.75) is 142 Å². The number of allylic oxidation sites excluding steroid dienone is 2. The molecule has 340 valence electrons. The van der Waals surface area contributed by atoms with Crippen molar-refractivity contribution in [1.29, 1.82) is 0 Å². The zero-order valence-electron chi connectivity index (χ0n) is 41.4. The van der Waals surface area contributed by atoms with E-state index in [9.17, 15) is 0 Å². The third kappa shape index (κ3) is 6.85. The summed E-state index contributed by atoms with van der Waals surface area (Å²) in [6, 6.07) is 47.0. The Hall–Kier alpha value is -5.60. The van der Waals surface area contributed by atoms with Crippen molar-refractivity contribution in [2.24, 2.45) is 17.8 Å². The number of fused-ring (bicyclic) bond motifs is 9. The van der Waals surface area contributed by atoms with Crippen LogP contribution in [0.15, 0.2) is 132 Å². The number of hydrogen-bond acceptors (Lipinski definition) is 2. The number of hydrogen-bond donors (Lipinski definition) is 0. The van der Waals surface area contributed by atoms with Gasteiger partial charge in [0.05, 0.1) is 0 Å². The van der Waals surface area contributed by atoms with Crippen LogP contribution in [0.5, 0.6) is 0 Å². The average Bonchev–Trinajstić information content (AvgIpc) is 3.92. The first-order chi connectivity index (χ1) is 32.3. The van der Waals surface area contributed by atoms with Crippen LogP contribution in [0.3, 0.4) is 0 Å². The second-order valence-corrected chi connectivity index (χ2v) is 23.4. The molecular formula is C65H69NO. The van der Waals surface area contributed by atoms with Crippen LogP contribution in [0.4, 0.5) is 17.1 Å². The van der Waals surface area contributed by atoms with Crippen LogP contribution in [0, 0.1) is 17.8 Å². The molecule has 2 unspecified atom stereocenters. The van der Waals surface area contributed by atoms with Gasteiger partial charge in [0.2, 0.25) is 0 Å². The molecule has 12 rings (SSSR count). The molecule has 67 heavy (non-hydrogen) atoms. The lowest BCUT2D eigenvalue weighted by molar-refractivity contribution is 0.257. The molecule has 7 aromatic rings. The normalized spacial score (nSPS) is 20.7. The van der Waals surface area contributed by atoms with Crippen molar-refractivity contribution >= 4 is 33.6 Å². The lowest BCUT2D eigenvalue weighted by Gasteiger charge is -2.37. The molecule has 2 saturated carbocycles. The summed E-state index contributed by atoms with van der Waals surface area (Å²) in [4.78, 5) is 2.50. The van der Waals surface area contributed by atoms with Crippen molar-refractivity contribution in [2.75, 3.05) is 4.90 Å². The third-order valence-electron chi connectivity index (χ3n) is 17.7. The highest BCUT2D eigenvalue weighted by atomic mass is 16.3. The Bertz CT molecular complexity index is 3100. The quantitative estimate of drug-likeness (QED) is 0.165. The van der Waals surface area contributed by atoms with Gasteiger partial charge in [-0.25, -0.2) is 0 Å². The largest absolute Gasteiger partial charge is 0.456 e. The van der Waals surface area contributed by atoms with Crippen LogP contribution in [-0.2, 0) is 16.2 Å². The minimum atomic E-state index is -0.134. The number of benzene rings is 6. The summed E-state index contributed by atoms with van der Waals surface area (Å²) in [5.41, 5.74) is 22.4. The molecule has 2 heteroatoms. The minimum Gasteiger partial charge on any atom is -0.456 e. The molecule has 2 atom stereocenters. The van der Waals surface area contributed by atoms with E-state index < -0.39 is 0 Å². The summed E-state index contributed by atoms with van der Waals surface area (Å²) in [5.74, 6) is 3.66. The Labute approximate surface area is 400 Å². The van der Waals surface area contributed by atoms with Gasteiger partial charge in [0.15, 0.2) is 0 Å². The van der Waals surface area contributed by atoms with Crippen LogP contribution in [0.1, 0.15) is 165 Å². The maximum atomic E-state index is 6.98. The molecule has 0 spiro atoms.